The summed E-state index contributed by atoms with van der Waals surface area (Å²) in [6.07, 6.45) is 2.94. The molecular formula is C4H4ClN. The summed E-state index contributed by atoms with van der Waals surface area (Å²) in [5.74, 6) is 0.424. The molecule has 0 N–H and O–H groups in total. The molecule has 0 aromatic heterocycles. The number of nitrogens with zero attached hydrogens (tertiary/aromatic N) is 1. The van der Waals surface area contributed by atoms with Crippen molar-refractivity contribution in [3.8, 4) is 6.07 Å². The second kappa shape index (κ2) is 4.52. The Morgan fingerprint density at radius 3 is 2.67 bits per heavy atom. The minimum Gasteiger partial charge on any atom is -0.193 e. The molecule has 0 unspecified atom stereocenters. The van der Waals surface area contributed by atoms with Crippen LogP contribution in [0.2, 0.25) is 0 Å². The van der Waals surface area contributed by atoms with E-state index in [2.05, 4.69) is 0 Å². The molecule has 2 heteroatoms. The highest BCUT2D eigenvalue weighted by atomic mass is 35.5. The number of hydrogen-bond acceptors (Lipinski definition) is 1. The van der Waals surface area contributed by atoms with Crippen LogP contribution >= 0.6 is 11.6 Å². The molecule has 0 fully saturated rings. The number of rotatable bonds is 1. The normalized spacial score (nSPS) is 8.67. The Labute approximate surface area is 41.8 Å². The van der Waals surface area contributed by atoms with Gasteiger partial charge in [-0.3, -0.25) is 0 Å². The number of alkyl halides is 1. The molecule has 0 heterocycles. The Hall–Kier alpha value is -0.480. The SMILES string of the molecule is N#CC=CCCl. The lowest BCUT2D eigenvalue weighted by Crippen LogP contribution is -1.53. The van der Waals surface area contributed by atoms with Gasteiger partial charge in [-0.2, -0.15) is 5.26 Å². The maximum Gasteiger partial charge on any atom is 0.0909 e. The Bertz CT molecular complexity index is 80.0. The Kier molecular flexibility index (Phi) is 4.16. The van der Waals surface area contributed by atoms with Crippen LogP contribution in [0.5, 0.6) is 0 Å². The molecule has 0 bridgehead atoms. The summed E-state index contributed by atoms with van der Waals surface area (Å²) in [4.78, 5) is 0. The third-order valence-electron chi connectivity index (χ3n) is 0.281. The summed E-state index contributed by atoms with van der Waals surface area (Å²) in [6.45, 7) is 0. The molecule has 0 amide bonds. The molecule has 6 heavy (non-hydrogen) atoms. The zero-order chi connectivity index (χ0) is 4.83. The molecule has 0 aliphatic heterocycles. The molecule has 0 aliphatic rings. The number of hydrogen-bond donors (Lipinski definition) is 0. The minimum absolute atomic E-state index is 0.424. The van der Waals surface area contributed by atoms with E-state index in [1.807, 2.05) is 0 Å². The van der Waals surface area contributed by atoms with Crippen molar-refractivity contribution in [2.45, 2.75) is 0 Å². The highest BCUT2D eigenvalue weighted by Gasteiger charge is 1.59. The topological polar surface area (TPSA) is 23.8 Å². The summed E-state index contributed by atoms with van der Waals surface area (Å²) < 4.78 is 0. The Morgan fingerprint density at radius 2 is 2.50 bits per heavy atom. The van der Waals surface area contributed by atoms with Crippen molar-refractivity contribution < 1.29 is 0 Å². The van der Waals surface area contributed by atoms with Crippen LogP contribution in [0.3, 0.4) is 0 Å². The van der Waals surface area contributed by atoms with Gasteiger partial charge in [0.2, 0.25) is 0 Å². The van der Waals surface area contributed by atoms with E-state index in [1.165, 1.54) is 6.08 Å². The van der Waals surface area contributed by atoms with Gasteiger partial charge in [-0.1, -0.05) is 6.08 Å². The number of allylic oxidation sites excluding steroid dienone is 2. The number of halogens is 1. The molecule has 0 radical (unpaired) electrons. The second-order valence-corrected chi connectivity index (χ2v) is 0.994. The molecule has 0 aromatic rings. The van der Waals surface area contributed by atoms with Gasteiger partial charge in [0.05, 0.1) is 6.07 Å². The van der Waals surface area contributed by atoms with Crippen LogP contribution in [0.4, 0.5) is 0 Å². The van der Waals surface area contributed by atoms with Crippen LogP contribution in [0.15, 0.2) is 12.2 Å². The van der Waals surface area contributed by atoms with Crippen molar-refractivity contribution in [1.29, 1.82) is 5.26 Å². The van der Waals surface area contributed by atoms with Gasteiger partial charge >= 0.3 is 0 Å². The molecule has 1 nitrogen and oxygen atoms in total. The van der Waals surface area contributed by atoms with Gasteiger partial charge in [-0.05, 0) is 0 Å². The average molecular weight is 102 g/mol. The molecule has 0 spiro atoms. The third-order valence-corrected chi connectivity index (χ3v) is 0.460. The van der Waals surface area contributed by atoms with Crippen LogP contribution in [0, 0.1) is 11.3 Å². The second-order valence-electron chi connectivity index (χ2n) is 0.686. The van der Waals surface area contributed by atoms with E-state index in [1.54, 1.807) is 12.1 Å². The van der Waals surface area contributed by atoms with Crippen LogP contribution in [-0.2, 0) is 0 Å². The zero-order valence-corrected chi connectivity index (χ0v) is 3.94. The summed E-state index contributed by atoms with van der Waals surface area (Å²) >= 11 is 5.14. The van der Waals surface area contributed by atoms with Crippen molar-refractivity contribution in [3.63, 3.8) is 0 Å². The van der Waals surface area contributed by atoms with Crippen LogP contribution in [-0.4, -0.2) is 5.88 Å². The maximum atomic E-state index is 7.80. The van der Waals surface area contributed by atoms with Gasteiger partial charge in [-0.15, -0.1) is 11.6 Å². The maximum absolute atomic E-state index is 7.80. The van der Waals surface area contributed by atoms with Gasteiger partial charge in [0.15, 0.2) is 0 Å². The Balaban J connectivity index is 3.02. The van der Waals surface area contributed by atoms with E-state index in [-0.39, 0.29) is 0 Å². The molecular weight excluding hydrogens is 97.5 g/mol. The largest absolute Gasteiger partial charge is 0.193 e. The van der Waals surface area contributed by atoms with Crippen molar-refractivity contribution in [2.24, 2.45) is 0 Å². The van der Waals surface area contributed by atoms with Gasteiger partial charge in [0.1, 0.15) is 0 Å². The zero-order valence-electron chi connectivity index (χ0n) is 3.19. The highest BCUT2D eigenvalue weighted by Crippen LogP contribution is 1.73. The first kappa shape index (κ1) is 5.52. The van der Waals surface area contributed by atoms with E-state index >= 15 is 0 Å². The first-order valence-electron chi connectivity index (χ1n) is 1.52. The van der Waals surface area contributed by atoms with Crippen molar-refractivity contribution in [1.82, 2.24) is 0 Å². The fourth-order valence-electron chi connectivity index (χ4n) is 0.0972. The standard InChI is InChI=1S/C4H4ClN/c5-3-1-2-4-6/h1-2H,3H2. The summed E-state index contributed by atoms with van der Waals surface area (Å²) in [5, 5.41) is 7.80. The molecule has 0 atom stereocenters. The van der Waals surface area contributed by atoms with Crippen LogP contribution in [0.25, 0.3) is 0 Å². The molecule has 0 aliphatic carbocycles. The van der Waals surface area contributed by atoms with E-state index in [4.69, 9.17) is 16.9 Å². The van der Waals surface area contributed by atoms with Gasteiger partial charge < -0.3 is 0 Å². The molecule has 32 valence electrons. The van der Waals surface area contributed by atoms with Crippen molar-refractivity contribution in [3.05, 3.63) is 12.2 Å². The smallest absolute Gasteiger partial charge is 0.0909 e. The predicted octanol–water partition coefficient (Wildman–Crippen LogP) is 1.30. The molecule has 0 saturated carbocycles. The summed E-state index contributed by atoms with van der Waals surface area (Å²) in [7, 11) is 0. The lowest BCUT2D eigenvalue weighted by Gasteiger charge is -1.61. The summed E-state index contributed by atoms with van der Waals surface area (Å²) in [5.41, 5.74) is 0. The monoisotopic (exact) mass is 101 g/mol. The van der Waals surface area contributed by atoms with Crippen LogP contribution in [0.1, 0.15) is 0 Å². The van der Waals surface area contributed by atoms with Gasteiger partial charge in [0, 0.05) is 12.0 Å². The molecule has 0 aromatic carbocycles. The Morgan fingerprint density at radius 1 is 1.83 bits per heavy atom. The van der Waals surface area contributed by atoms with Gasteiger partial charge in [0.25, 0.3) is 0 Å². The molecule has 0 rings (SSSR count). The number of nitriles is 1. The van der Waals surface area contributed by atoms with Gasteiger partial charge in [-0.25, -0.2) is 0 Å². The lowest BCUT2D eigenvalue weighted by molar-refractivity contribution is 1.53. The summed E-state index contributed by atoms with van der Waals surface area (Å²) in [6, 6.07) is 1.80. The third kappa shape index (κ3) is 3.52. The first-order chi connectivity index (χ1) is 2.91. The van der Waals surface area contributed by atoms with E-state index in [0.717, 1.165) is 0 Å². The fraction of sp³-hybridized carbons (Fsp3) is 0.250. The van der Waals surface area contributed by atoms with E-state index in [0.29, 0.717) is 5.88 Å². The highest BCUT2D eigenvalue weighted by molar-refractivity contribution is 6.18. The average Bonchev–Trinajstić information content (AvgIpc) is 1.61. The fourth-order valence-corrected chi connectivity index (χ4v) is 0.186. The van der Waals surface area contributed by atoms with Crippen molar-refractivity contribution in [2.75, 3.05) is 5.88 Å². The first-order valence-corrected chi connectivity index (χ1v) is 2.06. The predicted molar refractivity (Wildman–Crippen MR) is 25.5 cm³/mol. The van der Waals surface area contributed by atoms with E-state index < -0.39 is 0 Å². The minimum atomic E-state index is 0.424. The van der Waals surface area contributed by atoms with Crippen LogP contribution < -0.4 is 0 Å². The van der Waals surface area contributed by atoms with E-state index in [9.17, 15) is 0 Å². The quantitative estimate of drug-likeness (QED) is 0.361. The van der Waals surface area contributed by atoms with Crippen molar-refractivity contribution >= 4 is 11.6 Å². The molecule has 0 saturated heterocycles. The lowest BCUT2D eigenvalue weighted by atomic mass is 10.6.